The summed E-state index contributed by atoms with van der Waals surface area (Å²) < 4.78 is 108. The summed E-state index contributed by atoms with van der Waals surface area (Å²) in [6, 6.07) is 1.38. The maximum atomic E-state index is 16.6. The third kappa shape index (κ3) is 5.20. The van der Waals surface area contributed by atoms with E-state index in [9.17, 15) is 22.0 Å². The minimum atomic E-state index is -5.00. The Morgan fingerprint density at radius 3 is 2.54 bits per heavy atom. The Hall–Kier alpha value is -3.72. The van der Waals surface area contributed by atoms with Gasteiger partial charge in [0.05, 0.1) is 27.9 Å². The molecule has 0 amide bonds. The van der Waals surface area contributed by atoms with E-state index in [1.165, 1.54) is 0 Å². The van der Waals surface area contributed by atoms with Crippen molar-refractivity contribution in [1.82, 2.24) is 25.2 Å². The number of hydrogen-bond donors (Lipinski definition) is 2. The quantitative estimate of drug-likeness (QED) is 0.315. The van der Waals surface area contributed by atoms with Crippen molar-refractivity contribution in [3.8, 4) is 17.3 Å². The van der Waals surface area contributed by atoms with Crippen molar-refractivity contribution in [1.29, 1.82) is 0 Å². The zero-order valence-corrected chi connectivity index (χ0v) is 25.0. The van der Waals surface area contributed by atoms with Crippen LogP contribution in [0.3, 0.4) is 0 Å². The van der Waals surface area contributed by atoms with Crippen LogP contribution >= 0.6 is 0 Å². The lowest BCUT2D eigenvalue weighted by atomic mass is 9.95. The summed E-state index contributed by atoms with van der Waals surface area (Å²) in [6.45, 7) is 3.45. The molecule has 0 unspecified atom stereocenters. The molecule has 4 fully saturated rings. The summed E-state index contributed by atoms with van der Waals surface area (Å²) in [5, 5.41) is 3.08. The molecule has 0 aliphatic carbocycles. The van der Waals surface area contributed by atoms with Gasteiger partial charge in [-0.15, -0.1) is 0 Å². The SMILES string of the molecule is Cc1cc(N)nc(-c2c(F)cc3c(N4C[C@H]5CC[C@@](C=C(F)F)(C4)N5)nc(OCC45CCCN4CCC5)nc3c2F)c1C(F)(F)F. The molecule has 3 aromatic rings. The predicted molar refractivity (Wildman–Crippen MR) is 157 cm³/mol. The van der Waals surface area contributed by atoms with Crippen LogP contribution in [0, 0.1) is 18.6 Å². The van der Waals surface area contributed by atoms with Crippen molar-refractivity contribution in [3.05, 3.63) is 47.1 Å². The normalized spacial score (nSPS) is 24.1. The number of aromatic nitrogens is 3. The second kappa shape index (κ2) is 10.9. The highest BCUT2D eigenvalue weighted by molar-refractivity contribution is 5.94. The molecule has 246 valence electrons. The van der Waals surface area contributed by atoms with Gasteiger partial charge in [0.25, 0.3) is 6.08 Å². The number of alkyl halides is 3. The first-order valence-electron chi connectivity index (χ1n) is 15.3. The van der Waals surface area contributed by atoms with Gasteiger partial charge in [-0.1, -0.05) is 0 Å². The average molecular weight is 652 g/mol. The number of benzene rings is 1. The molecule has 2 atom stereocenters. The number of fused-ring (bicyclic) bond motifs is 4. The van der Waals surface area contributed by atoms with Gasteiger partial charge in [0.1, 0.15) is 29.6 Å². The van der Waals surface area contributed by atoms with E-state index in [1.807, 2.05) is 0 Å². The van der Waals surface area contributed by atoms with Crippen LogP contribution < -0.4 is 20.7 Å². The van der Waals surface area contributed by atoms with Crippen LogP contribution in [0.4, 0.5) is 42.4 Å². The van der Waals surface area contributed by atoms with Crippen molar-refractivity contribution in [3.63, 3.8) is 0 Å². The Labute approximate surface area is 259 Å². The van der Waals surface area contributed by atoms with Gasteiger partial charge < -0.3 is 20.7 Å². The molecule has 6 heterocycles. The highest BCUT2D eigenvalue weighted by Gasteiger charge is 2.47. The number of anilines is 2. The lowest BCUT2D eigenvalue weighted by molar-refractivity contribution is -0.137. The van der Waals surface area contributed by atoms with Crippen molar-refractivity contribution >= 4 is 22.5 Å². The molecular weight excluding hydrogens is 619 g/mol. The zero-order valence-electron chi connectivity index (χ0n) is 25.0. The van der Waals surface area contributed by atoms with Crippen LogP contribution in [0.5, 0.6) is 6.01 Å². The van der Waals surface area contributed by atoms with Gasteiger partial charge in [-0.2, -0.15) is 31.9 Å². The number of ether oxygens (including phenoxy) is 1. The number of aryl methyl sites for hydroxylation is 1. The number of rotatable bonds is 6. The summed E-state index contributed by atoms with van der Waals surface area (Å²) in [5.41, 5.74) is 0.200. The van der Waals surface area contributed by atoms with Crippen LogP contribution in [0.25, 0.3) is 22.2 Å². The lowest BCUT2D eigenvalue weighted by Gasteiger charge is -2.40. The predicted octanol–water partition coefficient (Wildman–Crippen LogP) is 5.98. The highest BCUT2D eigenvalue weighted by atomic mass is 19.4. The van der Waals surface area contributed by atoms with Gasteiger partial charge >= 0.3 is 12.2 Å². The first kappa shape index (κ1) is 30.9. The second-order valence-electron chi connectivity index (χ2n) is 12.9. The van der Waals surface area contributed by atoms with E-state index in [0.29, 0.717) is 12.8 Å². The summed E-state index contributed by atoms with van der Waals surface area (Å²) in [6.07, 6.45) is -1.27. The highest BCUT2D eigenvalue weighted by Crippen LogP contribution is 2.44. The molecule has 4 aliphatic rings. The third-order valence-electron chi connectivity index (χ3n) is 9.91. The van der Waals surface area contributed by atoms with E-state index in [0.717, 1.165) is 63.9 Å². The Balaban J connectivity index is 1.40. The molecule has 3 N–H and O–H groups in total. The topological polar surface area (TPSA) is 92.4 Å². The number of nitrogens with two attached hydrogens (primary N) is 1. The van der Waals surface area contributed by atoms with E-state index >= 15 is 8.78 Å². The molecule has 4 saturated heterocycles. The van der Waals surface area contributed by atoms with Gasteiger partial charge in [0.2, 0.25) is 0 Å². The Morgan fingerprint density at radius 2 is 1.85 bits per heavy atom. The van der Waals surface area contributed by atoms with Crippen LogP contribution in [-0.2, 0) is 6.18 Å². The minimum absolute atomic E-state index is 0.00326. The van der Waals surface area contributed by atoms with Crippen molar-refractivity contribution < 1.29 is 35.5 Å². The van der Waals surface area contributed by atoms with Gasteiger partial charge in [0.15, 0.2) is 5.82 Å². The van der Waals surface area contributed by atoms with E-state index in [1.54, 1.807) is 4.90 Å². The molecular formula is C31H32F7N7O. The van der Waals surface area contributed by atoms with Crippen molar-refractivity contribution in [2.75, 3.05) is 43.4 Å². The van der Waals surface area contributed by atoms with Crippen molar-refractivity contribution in [2.24, 2.45) is 0 Å². The van der Waals surface area contributed by atoms with Crippen molar-refractivity contribution in [2.45, 2.75) is 68.7 Å². The monoisotopic (exact) mass is 651 g/mol. The van der Waals surface area contributed by atoms with Gasteiger partial charge in [-0.3, -0.25) is 4.90 Å². The zero-order chi connectivity index (χ0) is 32.6. The minimum Gasteiger partial charge on any atom is -0.461 e. The molecule has 46 heavy (non-hydrogen) atoms. The molecule has 15 heteroatoms. The molecule has 2 aromatic heterocycles. The van der Waals surface area contributed by atoms with E-state index in [4.69, 9.17) is 10.5 Å². The molecule has 0 spiro atoms. The fraction of sp³-hybridized carbons (Fsp3) is 0.516. The van der Waals surface area contributed by atoms with E-state index in [2.05, 4.69) is 25.2 Å². The summed E-state index contributed by atoms with van der Waals surface area (Å²) in [7, 11) is 0. The van der Waals surface area contributed by atoms with Crippen LogP contribution in [0.2, 0.25) is 0 Å². The Bertz CT molecular complexity index is 1730. The summed E-state index contributed by atoms with van der Waals surface area (Å²) in [4.78, 5) is 16.6. The standard InChI is InChI=1S/C31H32F7N7O/c1-16-10-21(39)40-26(23(16)31(36,37)38)22-19(32)11-18-25(24(22)35)41-28(46-15-30-5-2-8-45(30)9-3-6-30)42-27(18)44-13-17-4-7-29(14-44,43-17)12-20(33)34/h10-12,17,43H,2-9,13-15H2,1H3,(H2,39,40)/t17-,29-/m1/s1. The molecule has 0 radical (unpaired) electrons. The molecule has 1 aromatic carbocycles. The number of pyridine rings is 1. The maximum Gasteiger partial charge on any atom is 0.418 e. The summed E-state index contributed by atoms with van der Waals surface area (Å²) >= 11 is 0. The maximum absolute atomic E-state index is 16.6. The molecule has 0 saturated carbocycles. The largest absolute Gasteiger partial charge is 0.461 e. The number of nitrogen functional groups attached to an aromatic ring is 1. The second-order valence-corrected chi connectivity index (χ2v) is 12.9. The fourth-order valence-corrected chi connectivity index (χ4v) is 8.02. The van der Waals surface area contributed by atoms with Gasteiger partial charge in [0, 0.05) is 30.6 Å². The number of nitrogens with zero attached hydrogens (tertiary/aromatic N) is 5. The fourth-order valence-electron chi connectivity index (χ4n) is 8.02. The van der Waals surface area contributed by atoms with Crippen LogP contribution in [0.1, 0.15) is 49.7 Å². The summed E-state index contributed by atoms with van der Waals surface area (Å²) in [5.74, 6) is -3.04. The average Bonchev–Trinajstić information content (AvgIpc) is 3.62. The first-order valence-corrected chi connectivity index (χ1v) is 15.3. The van der Waals surface area contributed by atoms with Crippen LogP contribution in [-0.4, -0.2) is 69.8 Å². The smallest absolute Gasteiger partial charge is 0.418 e. The molecule has 7 rings (SSSR count). The molecule has 8 nitrogen and oxygen atoms in total. The van der Waals surface area contributed by atoms with Gasteiger partial charge in [-0.25, -0.2) is 13.8 Å². The molecule has 4 aliphatic heterocycles. The van der Waals surface area contributed by atoms with E-state index < -0.39 is 51.8 Å². The van der Waals surface area contributed by atoms with E-state index in [-0.39, 0.29) is 59.9 Å². The Morgan fingerprint density at radius 1 is 1.11 bits per heavy atom. The Kier molecular flexibility index (Phi) is 7.34. The number of halogens is 7. The number of hydrogen-bond acceptors (Lipinski definition) is 8. The van der Waals surface area contributed by atoms with Gasteiger partial charge in [-0.05, 0) is 76.2 Å². The molecule has 2 bridgehead atoms. The van der Waals surface area contributed by atoms with Crippen LogP contribution in [0.15, 0.2) is 24.3 Å². The lowest BCUT2D eigenvalue weighted by Crippen LogP contribution is -2.59. The number of nitrogens with one attached hydrogen (secondary N) is 1. The number of piperazine rings is 1. The first-order chi connectivity index (χ1) is 21.8. The third-order valence-corrected chi connectivity index (χ3v) is 9.91.